The van der Waals surface area contributed by atoms with Gasteiger partial charge < -0.3 is 9.80 Å². The first kappa shape index (κ1) is 20.0. The van der Waals surface area contributed by atoms with Crippen molar-refractivity contribution in [2.45, 2.75) is 6.18 Å². The lowest BCUT2D eigenvalue weighted by atomic mass is 10.1. The minimum Gasteiger partial charge on any atom is -0.352 e. The van der Waals surface area contributed by atoms with Crippen LogP contribution in [0.4, 0.5) is 19.0 Å². The number of halogens is 6. The molecule has 1 saturated heterocycles. The molecule has 1 amide bonds. The van der Waals surface area contributed by atoms with Gasteiger partial charge >= 0.3 is 6.18 Å². The number of rotatable bonds is 2. The van der Waals surface area contributed by atoms with E-state index in [1.165, 1.54) is 6.07 Å². The number of pyridine rings is 1. The number of hydrogen-bond donors (Lipinski definition) is 0. The van der Waals surface area contributed by atoms with Gasteiger partial charge in [-0.25, -0.2) is 4.98 Å². The summed E-state index contributed by atoms with van der Waals surface area (Å²) in [6.07, 6.45) is -3.75. The molecule has 10 heteroatoms. The molecule has 1 fully saturated rings. The van der Waals surface area contributed by atoms with Crippen molar-refractivity contribution in [1.29, 1.82) is 0 Å². The first-order valence-electron chi connectivity index (χ1n) is 7.89. The largest absolute Gasteiger partial charge is 0.417 e. The first-order valence-corrected chi connectivity index (χ1v) is 9.02. The molecule has 2 aromatic rings. The zero-order chi connectivity index (χ0) is 19.8. The average Bonchev–Trinajstić information content (AvgIpc) is 2.62. The summed E-state index contributed by atoms with van der Waals surface area (Å²) in [5, 5.41) is 0.629. The summed E-state index contributed by atoms with van der Waals surface area (Å²) in [5.41, 5.74) is -0.594. The second-order valence-corrected chi connectivity index (χ2v) is 7.18. The number of benzene rings is 1. The van der Waals surface area contributed by atoms with Crippen molar-refractivity contribution in [2.75, 3.05) is 31.1 Å². The van der Waals surface area contributed by atoms with Gasteiger partial charge in [0.15, 0.2) is 0 Å². The molecule has 1 aromatic heterocycles. The number of carbonyl (C=O) groups excluding carboxylic acids is 1. The topological polar surface area (TPSA) is 36.4 Å². The second-order valence-electron chi connectivity index (χ2n) is 5.93. The molecule has 144 valence electrons. The fourth-order valence-corrected chi connectivity index (χ4v) is 3.43. The monoisotopic (exact) mass is 437 g/mol. The molecule has 0 unspecified atom stereocenters. The van der Waals surface area contributed by atoms with Crippen molar-refractivity contribution in [3.63, 3.8) is 0 Å². The Morgan fingerprint density at radius 3 is 2.26 bits per heavy atom. The molecule has 1 aliphatic heterocycles. The van der Waals surface area contributed by atoms with Gasteiger partial charge in [-0.1, -0.05) is 34.8 Å². The van der Waals surface area contributed by atoms with E-state index in [-0.39, 0.29) is 16.7 Å². The standard InChI is InChI=1S/C17H13Cl3F3N3O/c18-11-1-2-13(19)12(8-11)16(27)26-5-3-25(4-6-26)15-14(20)7-10(9-24-15)17(21,22)23/h1-2,7-9H,3-6H2. The number of alkyl halides is 3. The molecule has 3 rings (SSSR count). The van der Waals surface area contributed by atoms with Crippen molar-refractivity contribution >= 4 is 46.5 Å². The molecule has 2 heterocycles. The van der Waals surface area contributed by atoms with Crippen LogP contribution in [0, 0.1) is 0 Å². The van der Waals surface area contributed by atoms with Crippen LogP contribution >= 0.6 is 34.8 Å². The van der Waals surface area contributed by atoms with Crippen LogP contribution in [0.15, 0.2) is 30.5 Å². The Morgan fingerprint density at radius 2 is 1.67 bits per heavy atom. The Morgan fingerprint density at radius 1 is 1.00 bits per heavy atom. The number of piperazine rings is 1. The molecular formula is C17H13Cl3F3N3O. The minimum absolute atomic E-state index is 0.0810. The summed E-state index contributed by atoms with van der Waals surface area (Å²) in [6, 6.07) is 5.51. The fourth-order valence-electron chi connectivity index (χ4n) is 2.77. The number of carbonyl (C=O) groups is 1. The van der Waals surface area contributed by atoms with Gasteiger partial charge in [0.05, 0.1) is 21.2 Å². The van der Waals surface area contributed by atoms with Gasteiger partial charge in [-0.05, 0) is 24.3 Å². The van der Waals surface area contributed by atoms with Crippen LogP contribution in [-0.4, -0.2) is 42.0 Å². The van der Waals surface area contributed by atoms with Gasteiger partial charge in [0.2, 0.25) is 0 Å². The Hall–Kier alpha value is -1.70. The van der Waals surface area contributed by atoms with Gasteiger partial charge in [0.25, 0.3) is 5.91 Å². The van der Waals surface area contributed by atoms with E-state index in [0.29, 0.717) is 41.8 Å². The lowest BCUT2D eigenvalue weighted by Gasteiger charge is -2.36. The van der Waals surface area contributed by atoms with Crippen molar-refractivity contribution in [3.05, 3.63) is 56.7 Å². The zero-order valence-electron chi connectivity index (χ0n) is 13.7. The van der Waals surface area contributed by atoms with E-state index < -0.39 is 11.7 Å². The van der Waals surface area contributed by atoms with Gasteiger partial charge in [-0.3, -0.25) is 4.79 Å². The summed E-state index contributed by atoms with van der Waals surface area (Å²) in [5.74, 6) is 0.00572. The third kappa shape index (κ3) is 4.42. The molecule has 1 aliphatic rings. The highest BCUT2D eigenvalue weighted by molar-refractivity contribution is 6.35. The maximum absolute atomic E-state index is 12.7. The molecular weight excluding hydrogens is 426 g/mol. The van der Waals surface area contributed by atoms with Crippen molar-refractivity contribution in [1.82, 2.24) is 9.88 Å². The van der Waals surface area contributed by atoms with Crippen LogP contribution < -0.4 is 4.90 Å². The molecule has 4 nitrogen and oxygen atoms in total. The van der Waals surface area contributed by atoms with Gasteiger partial charge in [0.1, 0.15) is 5.82 Å². The summed E-state index contributed by atoms with van der Waals surface area (Å²) < 4.78 is 38.2. The van der Waals surface area contributed by atoms with E-state index >= 15 is 0 Å². The molecule has 0 radical (unpaired) electrons. The Kier molecular flexibility index (Phi) is 5.74. The molecule has 0 bridgehead atoms. The van der Waals surface area contributed by atoms with Crippen molar-refractivity contribution in [2.24, 2.45) is 0 Å². The SMILES string of the molecule is O=C(c1cc(Cl)ccc1Cl)N1CCN(c2ncc(C(F)(F)F)cc2Cl)CC1. The smallest absolute Gasteiger partial charge is 0.352 e. The van der Waals surface area contributed by atoms with Gasteiger partial charge in [-0.15, -0.1) is 0 Å². The summed E-state index contributed by atoms with van der Waals surface area (Å²) >= 11 is 18.0. The average molecular weight is 439 g/mol. The number of amides is 1. The molecule has 27 heavy (non-hydrogen) atoms. The summed E-state index contributed by atoms with van der Waals surface area (Å²) in [7, 11) is 0. The molecule has 0 aliphatic carbocycles. The van der Waals surface area contributed by atoms with E-state index in [1.807, 2.05) is 0 Å². The van der Waals surface area contributed by atoms with E-state index in [0.717, 1.165) is 12.3 Å². The van der Waals surface area contributed by atoms with Crippen LogP contribution in [0.1, 0.15) is 15.9 Å². The Bertz CT molecular complexity index is 868. The highest BCUT2D eigenvalue weighted by Gasteiger charge is 2.32. The van der Waals surface area contributed by atoms with Gasteiger partial charge in [-0.2, -0.15) is 13.2 Å². The molecule has 0 saturated carbocycles. The highest BCUT2D eigenvalue weighted by atomic mass is 35.5. The van der Waals surface area contributed by atoms with Crippen LogP contribution in [0.25, 0.3) is 0 Å². The quantitative estimate of drug-likeness (QED) is 0.660. The first-order chi connectivity index (χ1) is 12.7. The van der Waals surface area contributed by atoms with E-state index in [1.54, 1.807) is 21.9 Å². The van der Waals surface area contributed by atoms with Crippen molar-refractivity contribution in [3.8, 4) is 0 Å². The van der Waals surface area contributed by atoms with E-state index in [4.69, 9.17) is 34.8 Å². The molecule has 0 atom stereocenters. The highest BCUT2D eigenvalue weighted by Crippen LogP contribution is 2.34. The second kappa shape index (κ2) is 7.73. The van der Waals surface area contributed by atoms with Crippen LogP contribution in [-0.2, 0) is 6.18 Å². The summed E-state index contributed by atoms with van der Waals surface area (Å²) in [6.45, 7) is 1.45. The van der Waals surface area contributed by atoms with Crippen LogP contribution in [0.5, 0.6) is 0 Å². The zero-order valence-corrected chi connectivity index (χ0v) is 16.0. The molecule has 1 aromatic carbocycles. The number of hydrogen-bond acceptors (Lipinski definition) is 3. The third-order valence-corrected chi connectivity index (χ3v) is 5.02. The maximum Gasteiger partial charge on any atom is 0.417 e. The normalized spacial score (nSPS) is 15.2. The number of aromatic nitrogens is 1. The minimum atomic E-state index is -4.50. The fraction of sp³-hybridized carbons (Fsp3) is 0.294. The van der Waals surface area contributed by atoms with Crippen molar-refractivity contribution < 1.29 is 18.0 Å². The van der Waals surface area contributed by atoms with Crippen LogP contribution in [0.2, 0.25) is 15.1 Å². The van der Waals surface area contributed by atoms with E-state index in [2.05, 4.69) is 4.98 Å². The summed E-state index contributed by atoms with van der Waals surface area (Å²) in [4.78, 5) is 19.8. The number of nitrogens with zero attached hydrogens (tertiary/aromatic N) is 3. The van der Waals surface area contributed by atoms with Gasteiger partial charge in [0, 0.05) is 37.4 Å². The molecule has 0 spiro atoms. The predicted octanol–water partition coefficient (Wildman–Crippen LogP) is 5.02. The lowest BCUT2D eigenvalue weighted by Crippen LogP contribution is -2.49. The maximum atomic E-state index is 12.7. The third-order valence-electron chi connectivity index (χ3n) is 4.17. The lowest BCUT2D eigenvalue weighted by molar-refractivity contribution is -0.137. The Balaban J connectivity index is 1.70. The van der Waals surface area contributed by atoms with E-state index in [9.17, 15) is 18.0 Å². The predicted molar refractivity (Wildman–Crippen MR) is 98.8 cm³/mol. The van der Waals surface area contributed by atoms with Crippen LogP contribution in [0.3, 0.4) is 0 Å². The Labute approximate surface area is 168 Å². The molecule has 0 N–H and O–H groups in total. The number of anilines is 1.